The molecule has 126 valence electrons. The fourth-order valence-corrected chi connectivity index (χ4v) is 4.72. The first-order valence-corrected chi connectivity index (χ1v) is 9.72. The lowest BCUT2D eigenvalue weighted by molar-refractivity contribution is -0.133. The first kappa shape index (κ1) is 17.3. The van der Waals surface area contributed by atoms with Gasteiger partial charge < -0.3 is 10.2 Å². The van der Waals surface area contributed by atoms with Crippen molar-refractivity contribution in [3.8, 4) is 0 Å². The summed E-state index contributed by atoms with van der Waals surface area (Å²) in [5.74, 6) is -0.128. The molecule has 0 spiro atoms. The summed E-state index contributed by atoms with van der Waals surface area (Å²) in [4.78, 5) is 28.7. The Kier molecular flexibility index (Phi) is 5.48. The summed E-state index contributed by atoms with van der Waals surface area (Å²) in [5, 5.41) is 2.48. The Morgan fingerprint density at radius 1 is 1.29 bits per heavy atom. The summed E-state index contributed by atoms with van der Waals surface area (Å²) < 4.78 is 0.715. The van der Waals surface area contributed by atoms with Gasteiger partial charge in [-0.2, -0.15) is 0 Å². The number of fused-ring (bicyclic) bond motifs is 1. The second-order valence-corrected chi connectivity index (χ2v) is 8.45. The minimum Gasteiger partial charge on any atom is -0.338 e. The van der Waals surface area contributed by atoms with Crippen molar-refractivity contribution in [3.05, 3.63) is 45.6 Å². The Labute approximate surface area is 154 Å². The van der Waals surface area contributed by atoms with Crippen LogP contribution in [0.3, 0.4) is 0 Å². The molecule has 2 aromatic rings. The minimum absolute atomic E-state index is 0.0194. The number of carbonyl (C=O) groups is 2. The van der Waals surface area contributed by atoms with Crippen molar-refractivity contribution >= 4 is 52.2 Å². The van der Waals surface area contributed by atoms with Gasteiger partial charge in [0.05, 0.1) is 21.8 Å². The number of hydrogen-bond acceptors (Lipinski definition) is 4. The van der Waals surface area contributed by atoms with E-state index in [1.807, 2.05) is 43.3 Å². The fraction of sp³-hybridized carbons (Fsp3) is 0.294. The number of rotatable bonds is 5. The van der Waals surface area contributed by atoms with Crippen LogP contribution in [0.1, 0.15) is 18.2 Å². The number of anilines is 1. The topological polar surface area (TPSA) is 49.4 Å². The molecule has 1 unspecified atom stereocenters. The molecule has 0 saturated carbocycles. The van der Waals surface area contributed by atoms with E-state index in [1.165, 1.54) is 23.1 Å². The second-order valence-electron chi connectivity index (χ2n) is 5.41. The molecule has 1 atom stereocenters. The van der Waals surface area contributed by atoms with Crippen LogP contribution in [0.25, 0.3) is 0 Å². The number of nitrogens with one attached hydrogen (secondary N) is 1. The van der Waals surface area contributed by atoms with Gasteiger partial charge in [0.15, 0.2) is 0 Å². The number of thioether (sulfide) groups is 1. The van der Waals surface area contributed by atoms with E-state index in [4.69, 9.17) is 11.6 Å². The SMILES string of the molecule is CCN(Cc1ccc(Cl)s1)C(=O)CC1Sc2ccccc2NC1=O. The summed E-state index contributed by atoms with van der Waals surface area (Å²) >= 11 is 8.87. The van der Waals surface area contributed by atoms with Gasteiger partial charge in [-0.15, -0.1) is 23.1 Å². The zero-order valence-electron chi connectivity index (χ0n) is 13.1. The molecule has 0 fully saturated rings. The molecule has 1 aliphatic rings. The van der Waals surface area contributed by atoms with Crippen LogP contribution in [0.5, 0.6) is 0 Å². The van der Waals surface area contributed by atoms with Crippen molar-refractivity contribution in [2.24, 2.45) is 0 Å². The van der Waals surface area contributed by atoms with E-state index in [0.29, 0.717) is 17.4 Å². The Bertz CT molecular complexity index is 763. The molecule has 0 saturated heterocycles. The van der Waals surface area contributed by atoms with Crippen molar-refractivity contribution in [3.63, 3.8) is 0 Å². The number of nitrogens with zero attached hydrogens (tertiary/aromatic N) is 1. The molecule has 2 heterocycles. The molecular formula is C17H17ClN2O2S2. The monoisotopic (exact) mass is 380 g/mol. The van der Waals surface area contributed by atoms with Crippen molar-refractivity contribution in [2.45, 2.75) is 30.0 Å². The largest absolute Gasteiger partial charge is 0.338 e. The number of para-hydroxylation sites is 1. The van der Waals surface area contributed by atoms with Crippen LogP contribution in [-0.4, -0.2) is 28.5 Å². The molecule has 2 amide bonds. The van der Waals surface area contributed by atoms with Crippen LogP contribution >= 0.6 is 34.7 Å². The minimum atomic E-state index is -0.395. The smallest absolute Gasteiger partial charge is 0.238 e. The Morgan fingerprint density at radius 2 is 2.08 bits per heavy atom. The maximum absolute atomic E-state index is 12.6. The van der Waals surface area contributed by atoms with Crippen LogP contribution in [0.4, 0.5) is 5.69 Å². The van der Waals surface area contributed by atoms with Gasteiger partial charge in [-0.25, -0.2) is 0 Å². The van der Waals surface area contributed by atoms with Crippen molar-refractivity contribution in [1.29, 1.82) is 0 Å². The predicted octanol–water partition coefficient (Wildman–Crippen LogP) is 4.25. The first-order valence-electron chi connectivity index (χ1n) is 7.65. The lowest BCUT2D eigenvalue weighted by atomic mass is 10.2. The van der Waals surface area contributed by atoms with Gasteiger partial charge in [0, 0.05) is 22.7 Å². The Balaban J connectivity index is 1.66. The van der Waals surface area contributed by atoms with E-state index in [-0.39, 0.29) is 18.2 Å². The summed E-state index contributed by atoms with van der Waals surface area (Å²) in [5.41, 5.74) is 0.816. The van der Waals surface area contributed by atoms with E-state index >= 15 is 0 Å². The van der Waals surface area contributed by atoms with E-state index in [1.54, 1.807) is 4.90 Å². The highest BCUT2D eigenvalue weighted by atomic mass is 35.5. The van der Waals surface area contributed by atoms with Crippen molar-refractivity contribution in [1.82, 2.24) is 4.90 Å². The van der Waals surface area contributed by atoms with Crippen molar-refractivity contribution in [2.75, 3.05) is 11.9 Å². The highest BCUT2D eigenvalue weighted by Gasteiger charge is 2.30. The van der Waals surface area contributed by atoms with Crippen LogP contribution in [0.15, 0.2) is 41.3 Å². The number of benzene rings is 1. The summed E-state index contributed by atoms with van der Waals surface area (Å²) in [6, 6.07) is 11.4. The predicted molar refractivity (Wildman–Crippen MR) is 99.8 cm³/mol. The third-order valence-electron chi connectivity index (χ3n) is 3.78. The molecule has 0 bridgehead atoms. The molecule has 1 aliphatic heterocycles. The van der Waals surface area contributed by atoms with E-state index in [9.17, 15) is 9.59 Å². The quantitative estimate of drug-likeness (QED) is 0.843. The number of carbonyl (C=O) groups excluding carboxylic acids is 2. The van der Waals surface area contributed by atoms with Gasteiger partial charge in [-0.05, 0) is 31.2 Å². The summed E-state index contributed by atoms with van der Waals surface area (Å²) in [6.45, 7) is 3.07. The molecule has 1 aromatic carbocycles. The first-order chi connectivity index (χ1) is 11.6. The second kappa shape index (κ2) is 7.59. The molecule has 1 N–H and O–H groups in total. The summed E-state index contributed by atoms with van der Waals surface area (Å²) in [7, 11) is 0. The van der Waals surface area contributed by atoms with Crippen molar-refractivity contribution < 1.29 is 9.59 Å². The highest BCUT2D eigenvalue weighted by Crippen LogP contribution is 2.36. The zero-order valence-corrected chi connectivity index (χ0v) is 15.5. The van der Waals surface area contributed by atoms with Gasteiger partial charge >= 0.3 is 0 Å². The molecule has 1 aromatic heterocycles. The van der Waals surface area contributed by atoms with Gasteiger partial charge in [-0.1, -0.05) is 23.7 Å². The maximum Gasteiger partial charge on any atom is 0.238 e. The summed E-state index contributed by atoms with van der Waals surface area (Å²) in [6.07, 6.45) is 0.192. The van der Waals surface area contributed by atoms with Crippen LogP contribution in [0.2, 0.25) is 4.34 Å². The zero-order chi connectivity index (χ0) is 17.1. The van der Waals surface area contributed by atoms with E-state index < -0.39 is 5.25 Å². The third-order valence-corrected chi connectivity index (χ3v) is 6.27. The van der Waals surface area contributed by atoms with Gasteiger partial charge in [0.25, 0.3) is 0 Å². The van der Waals surface area contributed by atoms with Gasteiger partial charge in [0.1, 0.15) is 0 Å². The van der Waals surface area contributed by atoms with Gasteiger partial charge in [-0.3, -0.25) is 9.59 Å². The maximum atomic E-state index is 12.6. The molecule has 24 heavy (non-hydrogen) atoms. The highest BCUT2D eigenvalue weighted by molar-refractivity contribution is 8.01. The van der Waals surface area contributed by atoms with E-state index in [0.717, 1.165) is 15.5 Å². The van der Waals surface area contributed by atoms with Gasteiger partial charge in [0.2, 0.25) is 11.8 Å². The molecule has 0 radical (unpaired) electrons. The number of hydrogen-bond donors (Lipinski definition) is 1. The van der Waals surface area contributed by atoms with E-state index in [2.05, 4.69) is 5.32 Å². The van der Waals surface area contributed by atoms with Crippen LogP contribution in [-0.2, 0) is 16.1 Å². The van der Waals surface area contributed by atoms with Crippen LogP contribution in [0, 0.1) is 0 Å². The standard InChI is InChI=1S/C17H17ClN2O2S2/c1-2-20(10-11-7-8-15(18)23-11)16(21)9-14-17(22)19-12-5-3-4-6-13(12)24-14/h3-8,14H,2,9-10H2,1H3,(H,19,22). The third kappa shape index (κ3) is 3.94. The Morgan fingerprint density at radius 3 is 2.79 bits per heavy atom. The normalized spacial score (nSPS) is 16.4. The molecule has 3 rings (SSSR count). The molecule has 4 nitrogen and oxygen atoms in total. The fourth-order valence-electron chi connectivity index (χ4n) is 2.52. The number of thiophene rings is 1. The average Bonchev–Trinajstić information content (AvgIpc) is 2.98. The molecular weight excluding hydrogens is 364 g/mol. The lowest BCUT2D eigenvalue weighted by Crippen LogP contribution is -2.37. The molecule has 7 heteroatoms. The Hall–Kier alpha value is -1.50. The lowest BCUT2D eigenvalue weighted by Gasteiger charge is -2.26. The molecule has 0 aliphatic carbocycles. The van der Waals surface area contributed by atoms with Crippen LogP contribution < -0.4 is 5.32 Å². The number of amides is 2. The average molecular weight is 381 g/mol. The number of halogens is 1.